The number of aromatic nitrogens is 2. The number of unbranched alkanes of at least 4 members (excludes halogenated alkanes) is 26. The lowest BCUT2D eigenvalue weighted by molar-refractivity contribution is -0.704. The van der Waals surface area contributed by atoms with Gasteiger partial charge in [-0.1, -0.05) is 174 Å². The SMILES string of the molecule is CCCCCCCCCCCCCCCCCCC[n+]1ccn(C)c1CCCCCCCCCCCCC. The molecular formula is C36H71N2+. The van der Waals surface area contributed by atoms with Crippen LogP contribution < -0.4 is 4.57 Å². The smallest absolute Gasteiger partial charge is 0.237 e. The lowest BCUT2D eigenvalue weighted by Crippen LogP contribution is -2.37. The first-order valence-corrected chi connectivity index (χ1v) is 17.8. The van der Waals surface area contributed by atoms with Gasteiger partial charge in [-0.15, -0.1) is 0 Å². The van der Waals surface area contributed by atoms with Crippen LogP contribution >= 0.6 is 0 Å². The third kappa shape index (κ3) is 21.1. The largest absolute Gasteiger partial charge is 0.256 e. The molecule has 0 aromatic carbocycles. The first kappa shape index (κ1) is 35.2. The van der Waals surface area contributed by atoms with Crippen LogP contribution in [-0.2, 0) is 20.0 Å². The zero-order chi connectivity index (χ0) is 27.4. The fourth-order valence-electron chi connectivity index (χ4n) is 6.03. The van der Waals surface area contributed by atoms with E-state index in [0.29, 0.717) is 0 Å². The van der Waals surface area contributed by atoms with Crippen LogP contribution in [0.4, 0.5) is 0 Å². The van der Waals surface area contributed by atoms with Gasteiger partial charge in [0.1, 0.15) is 12.4 Å². The van der Waals surface area contributed by atoms with Crippen molar-refractivity contribution >= 4 is 0 Å². The third-order valence-corrected chi connectivity index (χ3v) is 8.72. The van der Waals surface area contributed by atoms with Crippen molar-refractivity contribution in [3.63, 3.8) is 0 Å². The van der Waals surface area contributed by atoms with Gasteiger partial charge in [-0.3, -0.25) is 0 Å². The van der Waals surface area contributed by atoms with Crippen LogP contribution in [0.2, 0.25) is 0 Å². The van der Waals surface area contributed by atoms with E-state index >= 15 is 0 Å². The van der Waals surface area contributed by atoms with Crippen molar-refractivity contribution in [1.29, 1.82) is 0 Å². The molecule has 0 aliphatic rings. The molecule has 0 aliphatic heterocycles. The summed E-state index contributed by atoms with van der Waals surface area (Å²) >= 11 is 0. The Labute approximate surface area is 240 Å². The van der Waals surface area contributed by atoms with E-state index in [4.69, 9.17) is 0 Å². The molecule has 1 rings (SSSR count). The Kier molecular flexibility index (Phi) is 25.7. The van der Waals surface area contributed by atoms with E-state index in [1.54, 1.807) is 0 Å². The highest BCUT2D eigenvalue weighted by atomic mass is 15.1. The van der Waals surface area contributed by atoms with E-state index < -0.39 is 0 Å². The van der Waals surface area contributed by atoms with E-state index in [1.165, 1.54) is 199 Å². The van der Waals surface area contributed by atoms with Gasteiger partial charge in [-0.2, -0.15) is 0 Å². The van der Waals surface area contributed by atoms with Crippen molar-refractivity contribution < 1.29 is 4.57 Å². The predicted octanol–water partition coefficient (Wildman–Crippen LogP) is 11.8. The zero-order valence-corrected chi connectivity index (χ0v) is 26.8. The number of rotatable bonds is 30. The molecule has 0 aliphatic carbocycles. The molecular weight excluding hydrogens is 460 g/mol. The molecule has 0 unspecified atom stereocenters. The molecule has 1 heterocycles. The number of imidazole rings is 1. The number of aryl methyl sites for hydroxylation is 2. The fraction of sp³-hybridized carbons (Fsp3) is 0.917. The summed E-state index contributed by atoms with van der Waals surface area (Å²) in [5.74, 6) is 1.54. The van der Waals surface area contributed by atoms with Crippen molar-refractivity contribution in [2.45, 2.75) is 207 Å². The van der Waals surface area contributed by atoms with Crippen LogP contribution in [0.25, 0.3) is 0 Å². The Bertz CT molecular complexity index is 590. The van der Waals surface area contributed by atoms with Gasteiger partial charge >= 0.3 is 0 Å². The molecule has 0 atom stereocenters. The minimum absolute atomic E-state index is 1.22. The molecule has 0 N–H and O–H groups in total. The second kappa shape index (κ2) is 27.8. The lowest BCUT2D eigenvalue weighted by Gasteiger charge is -2.05. The van der Waals surface area contributed by atoms with E-state index in [9.17, 15) is 0 Å². The summed E-state index contributed by atoms with van der Waals surface area (Å²) < 4.78 is 4.91. The van der Waals surface area contributed by atoms with Crippen LogP contribution in [0, 0.1) is 0 Å². The molecule has 0 saturated carbocycles. The molecule has 1 aromatic heterocycles. The third-order valence-electron chi connectivity index (χ3n) is 8.72. The molecule has 0 bridgehead atoms. The van der Waals surface area contributed by atoms with Crippen molar-refractivity contribution in [2.24, 2.45) is 7.05 Å². The van der Waals surface area contributed by atoms with E-state index in [-0.39, 0.29) is 0 Å². The molecule has 0 radical (unpaired) electrons. The first-order valence-electron chi connectivity index (χ1n) is 17.8. The van der Waals surface area contributed by atoms with Gasteiger partial charge in [0, 0.05) is 6.42 Å². The summed E-state index contributed by atoms with van der Waals surface area (Å²) in [5, 5.41) is 0. The van der Waals surface area contributed by atoms with Crippen molar-refractivity contribution in [3.05, 3.63) is 18.2 Å². The quantitative estimate of drug-likeness (QED) is 0.0689. The van der Waals surface area contributed by atoms with E-state index in [0.717, 1.165) is 0 Å². The summed E-state index contributed by atoms with van der Waals surface area (Å²) in [7, 11) is 2.24. The summed E-state index contributed by atoms with van der Waals surface area (Å²) in [6.07, 6.45) is 46.2. The molecule has 2 heteroatoms. The molecule has 1 aromatic rings. The molecule has 0 fully saturated rings. The molecule has 224 valence electrons. The second-order valence-corrected chi connectivity index (χ2v) is 12.5. The van der Waals surface area contributed by atoms with Gasteiger partial charge in [0.15, 0.2) is 0 Å². The fourth-order valence-corrected chi connectivity index (χ4v) is 6.03. The average Bonchev–Trinajstić information content (AvgIpc) is 3.27. The average molecular weight is 532 g/mol. The Morgan fingerprint density at radius 1 is 0.447 bits per heavy atom. The minimum Gasteiger partial charge on any atom is -0.237 e. The Morgan fingerprint density at radius 3 is 1.13 bits per heavy atom. The molecule has 0 saturated heterocycles. The van der Waals surface area contributed by atoms with Gasteiger partial charge in [0.05, 0.1) is 13.6 Å². The van der Waals surface area contributed by atoms with Gasteiger partial charge < -0.3 is 0 Å². The Balaban J connectivity index is 1.90. The van der Waals surface area contributed by atoms with Crippen LogP contribution in [0.3, 0.4) is 0 Å². The van der Waals surface area contributed by atoms with Crippen molar-refractivity contribution in [3.8, 4) is 0 Å². The summed E-state index contributed by atoms with van der Waals surface area (Å²) in [5.41, 5.74) is 0. The summed E-state index contributed by atoms with van der Waals surface area (Å²) in [6, 6.07) is 0. The van der Waals surface area contributed by atoms with Gasteiger partial charge in [-0.25, -0.2) is 9.13 Å². The maximum atomic E-state index is 2.54. The monoisotopic (exact) mass is 532 g/mol. The normalized spacial score (nSPS) is 11.6. The van der Waals surface area contributed by atoms with Crippen LogP contribution in [0.5, 0.6) is 0 Å². The lowest BCUT2D eigenvalue weighted by atomic mass is 10.0. The van der Waals surface area contributed by atoms with Crippen molar-refractivity contribution in [1.82, 2.24) is 4.57 Å². The van der Waals surface area contributed by atoms with Gasteiger partial charge in [0.2, 0.25) is 0 Å². The number of nitrogens with zero attached hydrogens (tertiary/aromatic N) is 2. The number of hydrogen-bond donors (Lipinski definition) is 0. The summed E-state index contributed by atoms with van der Waals surface area (Å²) in [4.78, 5) is 0. The molecule has 0 spiro atoms. The minimum atomic E-state index is 1.22. The van der Waals surface area contributed by atoms with Gasteiger partial charge in [-0.05, 0) is 19.3 Å². The standard InChI is InChI=1S/C36H71N2/c1-4-6-8-10-12-14-16-17-18-19-20-21-23-25-27-29-31-33-38-35-34-37(3)36(38)32-30-28-26-24-22-15-13-11-9-7-5-2/h34-35H,4-33H2,1-3H3/q+1. The number of hydrogen-bond acceptors (Lipinski definition) is 0. The second-order valence-electron chi connectivity index (χ2n) is 12.5. The predicted molar refractivity (Wildman–Crippen MR) is 170 cm³/mol. The highest BCUT2D eigenvalue weighted by molar-refractivity contribution is 4.82. The topological polar surface area (TPSA) is 8.81 Å². The van der Waals surface area contributed by atoms with Crippen molar-refractivity contribution in [2.75, 3.05) is 0 Å². The maximum absolute atomic E-state index is 2.54. The van der Waals surface area contributed by atoms with E-state index in [2.05, 4.69) is 42.4 Å². The summed E-state index contributed by atoms with van der Waals surface area (Å²) in [6.45, 7) is 5.83. The first-order chi connectivity index (χ1) is 18.8. The van der Waals surface area contributed by atoms with Gasteiger partial charge in [0.25, 0.3) is 5.82 Å². The zero-order valence-electron chi connectivity index (χ0n) is 26.8. The molecule has 38 heavy (non-hydrogen) atoms. The van der Waals surface area contributed by atoms with Crippen LogP contribution in [-0.4, -0.2) is 4.57 Å². The molecule has 0 amide bonds. The maximum Gasteiger partial charge on any atom is 0.256 e. The highest BCUT2D eigenvalue weighted by Gasteiger charge is 2.13. The molecule has 2 nitrogen and oxygen atoms in total. The van der Waals surface area contributed by atoms with Crippen LogP contribution in [0.1, 0.15) is 199 Å². The highest BCUT2D eigenvalue weighted by Crippen LogP contribution is 2.15. The van der Waals surface area contributed by atoms with E-state index in [1.807, 2.05) is 0 Å². The Hall–Kier alpha value is -0.790. The van der Waals surface area contributed by atoms with Crippen LogP contribution in [0.15, 0.2) is 12.4 Å². The Morgan fingerprint density at radius 2 is 0.763 bits per heavy atom.